The Morgan fingerprint density at radius 3 is 2.57 bits per heavy atom. The minimum Gasteiger partial charge on any atom is -0.348 e. The predicted molar refractivity (Wildman–Crippen MR) is 87.3 cm³/mol. The lowest BCUT2D eigenvalue weighted by atomic mass is 9.97. The molecule has 1 heterocycles. The Balaban J connectivity index is 1.96. The molecule has 114 valence electrons. The van der Waals surface area contributed by atoms with E-state index < -0.39 is 0 Å². The first-order valence-electron chi connectivity index (χ1n) is 7.33. The normalized spacial score (nSPS) is 11.7. The van der Waals surface area contributed by atoms with E-state index in [-0.39, 0.29) is 11.4 Å². The average Bonchev–Trinajstić information content (AvgIpc) is 2.68. The smallest absolute Gasteiger partial charge is 0.315 e. The van der Waals surface area contributed by atoms with Gasteiger partial charge in [-0.05, 0) is 36.1 Å². The maximum absolute atomic E-state index is 11.8. The second-order valence-electron chi connectivity index (χ2n) is 6.83. The van der Waals surface area contributed by atoms with Crippen LogP contribution in [0.15, 0.2) is 24.3 Å². The van der Waals surface area contributed by atoms with Crippen LogP contribution in [0.5, 0.6) is 0 Å². The SMILES string of the molecule is Cc1cc2cc(CNC(=O)NCC(C)(C)C)ccc2n1C. The molecule has 21 heavy (non-hydrogen) atoms. The molecule has 2 amide bonds. The van der Waals surface area contributed by atoms with Crippen molar-refractivity contribution in [3.8, 4) is 0 Å². The number of benzene rings is 1. The predicted octanol–water partition coefficient (Wildman–Crippen LogP) is 3.33. The molecule has 1 aromatic heterocycles. The zero-order chi connectivity index (χ0) is 15.6. The fourth-order valence-electron chi connectivity index (χ4n) is 2.24. The van der Waals surface area contributed by atoms with Crippen molar-refractivity contribution in [1.29, 1.82) is 0 Å². The molecular formula is C17H25N3O. The van der Waals surface area contributed by atoms with E-state index in [1.807, 2.05) is 0 Å². The van der Waals surface area contributed by atoms with Gasteiger partial charge in [0.2, 0.25) is 0 Å². The number of fused-ring (bicyclic) bond motifs is 1. The molecule has 4 nitrogen and oxygen atoms in total. The van der Waals surface area contributed by atoms with Crippen LogP contribution >= 0.6 is 0 Å². The molecule has 0 saturated carbocycles. The van der Waals surface area contributed by atoms with Gasteiger partial charge < -0.3 is 15.2 Å². The van der Waals surface area contributed by atoms with E-state index in [0.717, 1.165) is 5.56 Å². The summed E-state index contributed by atoms with van der Waals surface area (Å²) in [6.45, 7) is 9.59. The summed E-state index contributed by atoms with van der Waals surface area (Å²) in [5, 5.41) is 7.00. The number of nitrogens with zero attached hydrogens (tertiary/aromatic N) is 1. The minimum absolute atomic E-state index is 0.0951. The summed E-state index contributed by atoms with van der Waals surface area (Å²) in [5.41, 5.74) is 3.66. The summed E-state index contributed by atoms with van der Waals surface area (Å²) in [7, 11) is 2.07. The second kappa shape index (κ2) is 5.80. The molecule has 0 saturated heterocycles. The van der Waals surface area contributed by atoms with Crippen molar-refractivity contribution in [2.45, 2.75) is 34.2 Å². The molecular weight excluding hydrogens is 262 g/mol. The van der Waals surface area contributed by atoms with E-state index in [9.17, 15) is 4.79 Å². The number of hydrogen-bond donors (Lipinski definition) is 2. The Morgan fingerprint density at radius 2 is 1.90 bits per heavy atom. The van der Waals surface area contributed by atoms with Crippen molar-refractivity contribution >= 4 is 16.9 Å². The highest BCUT2D eigenvalue weighted by Crippen LogP contribution is 2.19. The third-order valence-electron chi connectivity index (χ3n) is 3.58. The molecule has 0 radical (unpaired) electrons. The van der Waals surface area contributed by atoms with Crippen LogP contribution < -0.4 is 10.6 Å². The molecule has 2 rings (SSSR count). The Kier molecular flexibility index (Phi) is 4.26. The third-order valence-corrected chi connectivity index (χ3v) is 3.58. The van der Waals surface area contributed by atoms with Crippen LogP contribution in [-0.2, 0) is 13.6 Å². The second-order valence-corrected chi connectivity index (χ2v) is 6.83. The van der Waals surface area contributed by atoms with Crippen LogP contribution in [0.1, 0.15) is 32.0 Å². The fraction of sp³-hybridized carbons (Fsp3) is 0.471. The van der Waals surface area contributed by atoms with E-state index in [0.29, 0.717) is 13.1 Å². The van der Waals surface area contributed by atoms with E-state index in [4.69, 9.17) is 0 Å². The van der Waals surface area contributed by atoms with Gasteiger partial charge in [-0.15, -0.1) is 0 Å². The van der Waals surface area contributed by atoms with Gasteiger partial charge in [-0.1, -0.05) is 26.8 Å². The summed E-state index contributed by atoms with van der Waals surface area (Å²) in [4.78, 5) is 11.8. The van der Waals surface area contributed by atoms with Gasteiger partial charge in [0, 0.05) is 36.7 Å². The Labute approximate surface area is 126 Å². The molecule has 0 spiro atoms. The number of aromatic nitrogens is 1. The van der Waals surface area contributed by atoms with Gasteiger partial charge in [0.1, 0.15) is 0 Å². The molecule has 0 aliphatic rings. The lowest BCUT2D eigenvalue weighted by Crippen LogP contribution is -2.39. The van der Waals surface area contributed by atoms with Crippen LogP contribution in [0.2, 0.25) is 0 Å². The summed E-state index contributed by atoms with van der Waals surface area (Å²) >= 11 is 0. The number of aryl methyl sites for hydroxylation is 2. The Bertz CT molecular complexity index is 650. The molecule has 0 atom stereocenters. The number of urea groups is 1. The third kappa shape index (κ3) is 4.00. The molecule has 1 aromatic carbocycles. The molecule has 2 N–H and O–H groups in total. The average molecular weight is 287 g/mol. The maximum Gasteiger partial charge on any atom is 0.315 e. The van der Waals surface area contributed by atoms with Gasteiger partial charge in [-0.3, -0.25) is 0 Å². The standard InChI is InChI=1S/C17H25N3O/c1-12-8-14-9-13(6-7-15(14)20(12)5)10-18-16(21)19-11-17(2,3)4/h6-9H,10-11H2,1-5H3,(H2,18,19,21). The fourth-order valence-corrected chi connectivity index (χ4v) is 2.24. The molecule has 0 bridgehead atoms. The zero-order valence-electron chi connectivity index (χ0n) is 13.6. The van der Waals surface area contributed by atoms with Crippen LogP contribution in [0.4, 0.5) is 4.79 Å². The van der Waals surface area contributed by atoms with E-state index in [1.165, 1.54) is 16.6 Å². The number of rotatable bonds is 3. The molecule has 0 aliphatic carbocycles. The first-order chi connectivity index (χ1) is 9.76. The van der Waals surface area contributed by atoms with Crippen LogP contribution in [-0.4, -0.2) is 17.1 Å². The monoisotopic (exact) mass is 287 g/mol. The number of hydrogen-bond acceptors (Lipinski definition) is 1. The lowest BCUT2D eigenvalue weighted by Gasteiger charge is -2.18. The number of amides is 2. The number of nitrogens with one attached hydrogen (secondary N) is 2. The van der Waals surface area contributed by atoms with Gasteiger partial charge in [0.25, 0.3) is 0 Å². The van der Waals surface area contributed by atoms with Crippen molar-refractivity contribution in [1.82, 2.24) is 15.2 Å². The highest BCUT2D eigenvalue weighted by Gasteiger charge is 2.11. The van der Waals surface area contributed by atoms with Crippen molar-refractivity contribution < 1.29 is 4.79 Å². The van der Waals surface area contributed by atoms with Gasteiger partial charge in [0.05, 0.1) is 0 Å². The first-order valence-corrected chi connectivity index (χ1v) is 7.33. The van der Waals surface area contributed by atoms with Gasteiger partial charge >= 0.3 is 6.03 Å². The number of carbonyl (C=O) groups is 1. The number of carbonyl (C=O) groups excluding carboxylic acids is 1. The lowest BCUT2D eigenvalue weighted by molar-refractivity contribution is 0.235. The van der Waals surface area contributed by atoms with Crippen molar-refractivity contribution in [3.05, 3.63) is 35.5 Å². The Morgan fingerprint density at radius 1 is 1.19 bits per heavy atom. The highest BCUT2D eigenvalue weighted by atomic mass is 16.2. The largest absolute Gasteiger partial charge is 0.348 e. The minimum atomic E-state index is -0.116. The van der Waals surface area contributed by atoms with Crippen LogP contribution in [0, 0.1) is 12.3 Å². The van der Waals surface area contributed by atoms with Gasteiger partial charge in [-0.25, -0.2) is 4.79 Å². The van der Waals surface area contributed by atoms with Crippen molar-refractivity contribution in [2.75, 3.05) is 6.54 Å². The topological polar surface area (TPSA) is 46.1 Å². The zero-order valence-corrected chi connectivity index (χ0v) is 13.6. The van der Waals surface area contributed by atoms with Gasteiger partial charge in [-0.2, -0.15) is 0 Å². The van der Waals surface area contributed by atoms with E-state index in [1.54, 1.807) is 0 Å². The summed E-state index contributed by atoms with van der Waals surface area (Å²) < 4.78 is 2.17. The molecule has 0 aliphatic heterocycles. The van der Waals surface area contributed by atoms with Gasteiger partial charge in [0.15, 0.2) is 0 Å². The molecule has 0 unspecified atom stereocenters. The van der Waals surface area contributed by atoms with Crippen LogP contribution in [0.3, 0.4) is 0 Å². The molecule has 2 aromatic rings. The maximum atomic E-state index is 11.8. The Hall–Kier alpha value is -1.97. The quantitative estimate of drug-likeness (QED) is 0.893. The van der Waals surface area contributed by atoms with E-state index >= 15 is 0 Å². The molecule has 0 fully saturated rings. The summed E-state index contributed by atoms with van der Waals surface area (Å²) in [6, 6.07) is 8.34. The van der Waals surface area contributed by atoms with Crippen molar-refractivity contribution in [3.63, 3.8) is 0 Å². The highest BCUT2D eigenvalue weighted by molar-refractivity contribution is 5.82. The molecule has 4 heteroatoms. The summed E-state index contributed by atoms with van der Waals surface area (Å²) in [6.07, 6.45) is 0. The van der Waals surface area contributed by atoms with E-state index in [2.05, 4.69) is 74.2 Å². The van der Waals surface area contributed by atoms with Crippen LogP contribution in [0.25, 0.3) is 10.9 Å². The van der Waals surface area contributed by atoms with Crippen molar-refractivity contribution in [2.24, 2.45) is 12.5 Å². The first kappa shape index (κ1) is 15.4. The summed E-state index contributed by atoms with van der Waals surface area (Å²) in [5.74, 6) is 0.